The van der Waals surface area contributed by atoms with Gasteiger partial charge in [-0.15, -0.1) is 0 Å². The Balaban J connectivity index is 2.41. The van der Waals surface area contributed by atoms with Crippen molar-refractivity contribution in [2.45, 2.75) is 6.92 Å². The van der Waals surface area contributed by atoms with Gasteiger partial charge in [-0.05, 0) is 40.5 Å². The molecule has 0 radical (unpaired) electrons. The molecular weight excluding hydrogens is 360 g/mol. The van der Waals surface area contributed by atoms with Gasteiger partial charge in [0.25, 0.3) is 5.69 Å². The smallest absolute Gasteiger partial charge is 0.276 e. The van der Waals surface area contributed by atoms with E-state index in [1.54, 1.807) is 13.1 Å². The molecule has 0 saturated carbocycles. The van der Waals surface area contributed by atoms with Crippen LogP contribution < -0.4 is 10.6 Å². The van der Waals surface area contributed by atoms with Crippen molar-refractivity contribution in [3.05, 3.63) is 49.4 Å². The number of nitrogens with one attached hydrogen (secondary N) is 2. The van der Waals surface area contributed by atoms with Crippen LogP contribution >= 0.6 is 27.5 Å². The minimum Gasteiger partial charge on any atom is -0.373 e. The van der Waals surface area contributed by atoms with Crippen LogP contribution in [0.5, 0.6) is 0 Å². The maximum absolute atomic E-state index is 10.9. The predicted molar refractivity (Wildman–Crippen MR) is 87.6 cm³/mol. The van der Waals surface area contributed by atoms with Crippen molar-refractivity contribution in [2.75, 3.05) is 17.7 Å². The molecule has 2 aromatic rings. The van der Waals surface area contributed by atoms with Crippen molar-refractivity contribution >= 4 is 50.5 Å². The van der Waals surface area contributed by atoms with E-state index in [2.05, 4.69) is 31.5 Å². The molecule has 0 fully saturated rings. The second kappa shape index (κ2) is 6.28. The van der Waals surface area contributed by atoms with Gasteiger partial charge in [0.2, 0.25) is 0 Å². The molecule has 0 aliphatic carbocycles. The van der Waals surface area contributed by atoms with E-state index in [1.807, 2.05) is 13.0 Å². The molecule has 0 aliphatic heterocycles. The summed E-state index contributed by atoms with van der Waals surface area (Å²) >= 11 is 9.51. The Morgan fingerprint density at radius 3 is 2.57 bits per heavy atom. The number of aryl methyl sites for hydroxylation is 1. The molecular formula is C13H12BrClN4O2. The number of halogens is 2. The van der Waals surface area contributed by atoms with Gasteiger partial charge in [0, 0.05) is 16.5 Å². The Morgan fingerprint density at radius 1 is 1.29 bits per heavy atom. The number of benzene rings is 1. The molecule has 0 atom stereocenters. The van der Waals surface area contributed by atoms with Crippen LogP contribution in [0.2, 0.25) is 5.02 Å². The second-order valence-corrected chi connectivity index (χ2v) is 5.57. The molecule has 0 aliphatic rings. The lowest BCUT2D eigenvalue weighted by atomic mass is 10.2. The topological polar surface area (TPSA) is 80.1 Å². The molecule has 0 amide bonds. The average molecular weight is 372 g/mol. The number of hydrogen-bond acceptors (Lipinski definition) is 5. The van der Waals surface area contributed by atoms with Gasteiger partial charge in [-0.25, -0.2) is 4.98 Å². The lowest BCUT2D eigenvalue weighted by Gasteiger charge is -2.11. The molecule has 21 heavy (non-hydrogen) atoms. The van der Waals surface area contributed by atoms with Crippen LogP contribution in [0.25, 0.3) is 0 Å². The average Bonchev–Trinajstić information content (AvgIpc) is 2.44. The van der Waals surface area contributed by atoms with Crippen LogP contribution in [-0.2, 0) is 0 Å². The highest BCUT2D eigenvalue weighted by Gasteiger charge is 2.12. The molecule has 6 nitrogen and oxygen atoms in total. The largest absolute Gasteiger partial charge is 0.373 e. The number of anilines is 3. The third-order valence-corrected chi connectivity index (χ3v) is 3.85. The number of pyridine rings is 1. The normalized spacial score (nSPS) is 10.3. The minimum absolute atomic E-state index is 0.0498. The number of nitro groups is 1. The highest BCUT2D eigenvalue weighted by atomic mass is 79.9. The van der Waals surface area contributed by atoms with Crippen LogP contribution in [0.3, 0.4) is 0 Å². The van der Waals surface area contributed by atoms with Crippen molar-refractivity contribution < 1.29 is 4.92 Å². The Labute approximate surface area is 134 Å². The molecule has 2 rings (SSSR count). The summed E-state index contributed by atoms with van der Waals surface area (Å²) in [4.78, 5) is 14.7. The van der Waals surface area contributed by atoms with Crippen LogP contribution in [0.1, 0.15) is 5.56 Å². The summed E-state index contributed by atoms with van der Waals surface area (Å²) in [6.45, 7) is 1.89. The van der Waals surface area contributed by atoms with Crippen LogP contribution in [-0.4, -0.2) is 17.0 Å². The molecule has 1 heterocycles. The number of rotatable bonds is 4. The summed E-state index contributed by atoms with van der Waals surface area (Å²) in [6, 6.07) is 6.32. The van der Waals surface area contributed by atoms with E-state index < -0.39 is 4.92 Å². The third-order valence-electron chi connectivity index (χ3n) is 2.79. The van der Waals surface area contributed by atoms with Gasteiger partial charge in [0.05, 0.1) is 22.7 Å². The van der Waals surface area contributed by atoms with Crippen LogP contribution in [0, 0.1) is 17.0 Å². The van der Waals surface area contributed by atoms with E-state index in [4.69, 9.17) is 11.6 Å². The Kier molecular flexibility index (Phi) is 4.64. The first-order valence-corrected chi connectivity index (χ1v) is 7.14. The zero-order chi connectivity index (χ0) is 15.6. The highest BCUT2D eigenvalue weighted by Crippen LogP contribution is 2.32. The first-order valence-electron chi connectivity index (χ1n) is 5.97. The van der Waals surface area contributed by atoms with Crippen molar-refractivity contribution in [3.8, 4) is 0 Å². The number of nitrogens with zero attached hydrogens (tertiary/aromatic N) is 2. The summed E-state index contributed by atoms with van der Waals surface area (Å²) in [7, 11) is 1.65. The Hall–Kier alpha value is -1.86. The zero-order valence-corrected chi connectivity index (χ0v) is 13.6. The van der Waals surface area contributed by atoms with E-state index in [9.17, 15) is 10.1 Å². The molecule has 0 bridgehead atoms. The van der Waals surface area contributed by atoms with Gasteiger partial charge in [0.15, 0.2) is 0 Å². The summed E-state index contributed by atoms with van der Waals surface area (Å²) in [6.07, 6.45) is 0. The van der Waals surface area contributed by atoms with Gasteiger partial charge >= 0.3 is 0 Å². The second-order valence-electron chi connectivity index (χ2n) is 4.31. The molecule has 110 valence electrons. The Morgan fingerprint density at radius 2 is 1.95 bits per heavy atom. The van der Waals surface area contributed by atoms with Gasteiger partial charge in [-0.1, -0.05) is 11.6 Å². The van der Waals surface area contributed by atoms with E-state index in [-0.39, 0.29) is 5.69 Å². The van der Waals surface area contributed by atoms with Gasteiger partial charge in [-0.2, -0.15) is 0 Å². The first-order chi connectivity index (χ1) is 9.90. The van der Waals surface area contributed by atoms with Crippen LogP contribution in [0.15, 0.2) is 28.7 Å². The van der Waals surface area contributed by atoms with Crippen molar-refractivity contribution in [1.29, 1.82) is 0 Å². The maximum atomic E-state index is 10.9. The molecule has 0 saturated heterocycles. The lowest BCUT2D eigenvalue weighted by Crippen LogP contribution is -2.01. The lowest BCUT2D eigenvalue weighted by molar-refractivity contribution is -0.384. The van der Waals surface area contributed by atoms with Crippen LogP contribution in [0.4, 0.5) is 23.0 Å². The van der Waals surface area contributed by atoms with Crippen molar-refractivity contribution in [3.63, 3.8) is 0 Å². The minimum atomic E-state index is -0.467. The monoisotopic (exact) mass is 370 g/mol. The molecule has 1 aromatic carbocycles. The zero-order valence-electron chi connectivity index (χ0n) is 11.3. The number of aromatic nitrogens is 1. The van der Waals surface area contributed by atoms with Crippen molar-refractivity contribution in [1.82, 2.24) is 4.98 Å². The fourth-order valence-electron chi connectivity index (χ4n) is 1.69. The molecule has 0 spiro atoms. The third kappa shape index (κ3) is 3.62. The van der Waals surface area contributed by atoms with E-state index in [0.29, 0.717) is 22.3 Å². The summed E-state index contributed by atoms with van der Waals surface area (Å²) < 4.78 is 0.795. The molecule has 1 aromatic heterocycles. The predicted octanol–water partition coefficient (Wildman–Crippen LogP) is 4.50. The molecule has 8 heteroatoms. The van der Waals surface area contributed by atoms with Gasteiger partial charge in [-0.3, -0.25) is 10.1 Å². The summed E-state index contributed by atoms with van der Waals surface area (Å²) in [5.41, 5.74) is 1.56. The Bertz CT molecular complexity index is 709. The summed E-state index contributed by atoms with van der Waals surface area (Å²) in [5.74, 6) is 0.759. The summed E-state index contributed by atoms with van der Waals surface area (Å²) in [5, 5.41) is 17.3. The molecule has 2 N–H and O–H groups in total. The standard InChI is InChI=1S/C13H12BrClN4O2/c1-7-3-9(14)11(6-10(7)15)17-13-5-8(19(20)21)4-12(16-2)18-13/h3-6H,1-2H3,(H2,16,17,18). The fraction of sp³-hybridized carbons (Fsp3) is 0.154. The SMILES string of the molecule is CNc1cc([N+](=O)[O-])cc(Nc2cc(Cl)c(C)cc2Br)n1. The van der Waals surface area contributed by atoms with E-state index in [1.165, 1.54) is 12.1 Å². The van der Waals surface area contributed by atoms with E-state index >= 15 is 0 Å². The van der Waals surface area contributed by atoms with Crippen molar-refractivity contribution in [2.24, 2.45) is 0 Å². The van der Waals surface area contributed by atoms with E-state index in [0.717, 1.165) is 10.0 Å². The quantitative estimate of drug-likeness (QED) is 0.611. The van der Waals surface area contributed by atoms with Gasteiger partial charge in [0.1, 0.15) is 11.6 Å². The fourth-order valence-corrected chi connectivity index (χ4v) is 2.41. The van der Waals surface area contributed by atoms with Gasteiger partial charge < -0.3 is 10.6 Å². The molecule has 0 unspecified atom stereocenters. The number of hydrogen-bond donors (Lipinski definition) is 2. The highest BCUT2D eigenvalue weighted by molar-refractivity contribution is 9.10. The first kappa shape index (κ1) is 15.5. The maximum Gasteiger partial charge on any atom is 0.276 e.